The van der Waals surface area contributed by atoms with E-state index in [1.807, 2.05) is 0 Å². The standard InChI is InChI=1S/C9H20N2/c1-4-5-9-6-10-11(7-9)8(2)3/h8-10H,4-7H2,1-3H3. The summed E-state index contributed by atoms with van der Waals surface area (Å²) < 4.78 is 0. The number of nitrogens with one attached hydrogen (secondary N) is 1. The molecule has 1 unspecified atom stereocenters. The van der Waals surface area contributed by atoms with E-state index in [1.165, 1.54) is 25.9 Å². The van der Waals surface area contributed by atoms with Crippen LogP contribution in [0.3, 0.4) is 0 Å². The van der Waals surface area contributed by atoms with Crippen molar-refractivity contribution in [3.63, 3.8) is 0 Å². The van der Waals surface area contributed by atoms with Crippen molar-refractivity contribution >= 4 is 0 Å². The van der Waals surface area contributed by atoms with Gasteiger partial charge in [0.15, 0.2) is 0 Å². The van der Waals surface area contributed by atoms with Crippen molar-refractivity contribution in [2.45, 2.75) is 39.7 Å². The molecule has 1 heterocycles. The first kappa shape index (κ1) is 9.01. The Morgan fingerprint density at radius 1 is 1.55 bits per heavy atom. The van der Waals surface area contributed by atoms with Crippen LogP contribution in [0.15, 0.2) is 0 Å². The maximum Gasteiger partial charge on any atom is 0.0187 e. The first-order valence-corrected chi connectivity index (χ1v) is 4.74. The van der Waals surface area contributed by atoms with Gasteiger partial charge in [0.05, 0.1) is 0 Å². The lowest BCUT2D eigenvalue weighted by molar-refractivity contribution is 0.195. The summed E-state index contributed by atoms with van der Waals surface area (Å²) >= 11 is 0. The Labute approximate surface area is 69.9 Å². The van der Waals surface area contributed by atoms with E-state index in [-0.39, 0.29) is 0 Å². The summed E-state index contributed by atoms with van der Waals surface area (Å²) in [5.74, 6) is 0.891. The summed E-state index contributed by atoms with van der Waals surface area (Å²) in [6.45, 7) is 9.16. The topological polar surface area (TPSA) is 15.3 Å². The molecular formula is C9H20N2. The monoisotopic (exact) mass is 156 g/mol. The van der Waals surface area contributed by atoms with Crippen LogP contribution in [-0.4, -0.2) is 24.1 Å². The van der Waals surface area contributed by atoms with Crippen LogP contribution in [0.2, 0.25) is 0 Å². The number of hydrazine groups is 1. The molecule has 0 bridgehead atoms. The smallest absolute Gasteiger partial charge is 0.0187 e. The third kappa shape index (κ3) is 2.46. The summed E-state index contributed by atoms with van der Waals surface area (Å²) in [6, 6.07) is 0.650. The van der Waals surface area contributed by atoms with Gasteiger partial charge in [-0.15, -0.1) is 0 Å². The van der Waals surface area contributed by atoms with Crippen molar-refractivity contribution < 1.29 is 0 Å². The second-order valence-corrected chi connectivity index (χ2v) is 3.76. The Hall–Kier alpha value is -0.0800. The van der Waals surface area contributed by atoms with Crippen molar-refractivity contribution in [3.05, 3.63) is 0 Å². The molecule has 1 rings (SSSR count). The van der Waals surface area contributed by atoms with Gasteiger partial charge in [-0.3, -0.25) is 5.43 Å². The van der Waals surface area contributed by atoms with E-state index in [1.54, 1.807) is 0 Å². The fraction of sp³-hybridized carbons (Fsp3) is 1.00. The van der Waals surface area contributed by atoms with Crippen LogP contribution >= 0.6 is 0 Å². The maximum atomic E-state index is 3.42. The van der Waals surface area contributed by atoms with Crippen molar-refractivity contribution in [3.8, 4) is 0 Å². The Balaban J connectivity index is 2.23. The fourth-order valence-electron chi connectivity index (χ4n) is 1.65. The summed E-state index contributed by atoms with van der Waals surface area (Å²) in [5.41, 5.74) is 3.42. The molecule has 1 N–H and O–H groups in total. The summed E-state index contributed by atoms with van der Waals surface area (Å²) in [4.78, 5) is 0. The normalized spacial score (nSPS) is 26.7. The highest BCUT2D eigenvalue weighted by Gasteiger charge is 2.22. The Kier molecular flexibility index (Phi) is 3.34. The lowest BCUT2D eigenvalue weighted by atomic mass is 10.1. The van der Waals surface area contributed by atoms with Crippen LogP contribution in [0, 0.1) is 5.92 Å². The minimum atomic E-state index is 0.650. The van der Waals surface area contributed by atoms with Crippen LogP contribution in [0.5, 0.6) is 0 Å². The van der Waals surface area contributed by atoms with Crippen LogP contribution in [0.1, 0.15) is 33.6 Å². The van der Waals surface area contributed by atoms with Gasteiger partial charge in [0, 0.05) is 19.1 Å². The lowest BCUT2D eigenvalue weighted by Gasteiger charge is -2.19. The van der Waals surface area contributed by atoms with Gasteiger partial charge in [-0.25, -0.2) is 5.01 Å². The maximum absolute atomic E-state index is 3.42. The van der Waals surface area contributed by atoms with E-state index < -0.39 is 0 Å². The zero-order valence-corrected chi connectivity index (χ0v) is 7.93. The van der Waals surface area contributed by atoms with Gasteiger partial charge in [-0.2, -0.15) is 0 Å². The molecule has 2 nitrogen and oxygen atoms in total. The van der Waals surface area contributed by atoms with Crippen molar-refractivity contribution in [2.24, 2.45) is 5.92 Å². The molecule has 1 atom stereocenters. The first-order valence-electron chi connectivity index (χ1n) is 4.74. The summed E-state index contributed by atoms with van der Waals surface area (Å²) in [7, 11) is 0. The van der Waals surface area contributed by atoms with Crippen molar-refractivity contribution in [1.82, 2.24) is 10.4 Å². The largest absolute Gasteiger partial charge is 0.255 e. The quantitative estimate of drug-likeness (QED) is 0.668. The molecule has 0 spiro atoms. The van der Waals surface area contributed by atoms with Crippen LogP contribution in [0.4, 0.5) is 0 Å². The van der Waals surface area contributed by atoms with E-state index in [2.05, 4.69) is 31.2 Å². The summed E-state index contributed by atoms with van der Waals surface area (Å²) in [5, 5.41) is 2.35. The van der Waals surface area contributed by atoms with Gasteiger partial charge in [-0.1, -0.05) is 13.3 Å². The molecule has 2 heteroatoms. The molecule has 0 amide bonds. The third-order valence-corrected chi connectivity index (χ3v) is 2.36. The molecule has 0 aromatic carbocycles. The second-order valence-electron chi connectivity index (χ2n) is 3.76. The zero-order valence-electron chi connectivity index (χ0n) is 7.93. The molecule has 0 aromatic heterocycles. The third-order valence-electron chi connectivity index (χ3n) is 2.36. The molecule has 1 aliphatic rings. The minimum absolute atomic E-state index is 0.650. The number of hydrogen-bond donors (Lipinski definition) is 1. The van der Waals surface area contributed by atoms with E-state index >= 15 is 0 Å². The molecule has 0 saturated carbocycles. The average Bonchev–Trinajstić information content (AvgIpc) is 2.37. The van der Waals surface area contributed by atoms with Gasteiger partial charge in [0.2, 0.25) is 0 Å². The van der Waals surface area contributed by atoms with Crippen LogP contribution in [-0.2, 0) is 0 Å². The number of hydrogen-bond acceptors (Lipinski definition) is 2. The molecule has 1 saturated heterocycles. The predicted molar refractivity (Wildman–Crippen MR) is 48.2 cm³/mol. The zero-order chi connectivity index (χ0) is 8.27. The highest BCUT2D eigenvalue weighted by molar-refractivity contribution is 4.74. The van der Waals surface area contributed by atoms with Gasteiger partial charge >= 0.3 is 0 Å². The molecule has 66 valence electrons. The molecule has 0 aliphatic carbocycles. The first-order chi connectivity index (χ1) is 5.24. The fourth-order valence-corrected chi connectivity index (χ4v) is 1.65. The van der Waals surface area contributed by atoms with Gasteiger partial charge in [-0.05, 0) is 26.2 Å². The number of rotatable bonds is 3. The summed E-state index contributed by atoms with van der Waals surface area (Å²) in [6.07, 6.45) is 2.69. The number of nitrogens with zero attached hydrogens (tertiary/aromatic N) is 1. The van der Waals surface area contributed by atoms with E-state index in [9.17, 15) is 0 Å². The average molecular weight is 156 g/mol. The van der Waals surface area contributed by atoms with Gasteiger partial charge in [0.1, 0.15) is 0 Å². The molecule has 0 radical (unpaired) electrons. The Bertz CT molecular complexity index is 112. The molecule has 1 fully saturated rings. The van der Waals surface area contributed by atoms with Gasteiger partial charge in [0.25, 0.3) is 0 Å². The Morgan fingerprint density at radius 3 is 2.73 bits per heavy atom. The molecule has 0 aromatic rings. The van der Waals surface area contributed by atoms with E-state index in [4.69, 9.17) is 0 Å². The van der Waals surface area contributed by atoms with Gasteiger partial charge < -0.3 is 0 Å². The SMILES string of the molecule is CCCC1CNN(C(C)C)C1. The second kappa shape index (κ2) is 4.07. The lowest BCUT2D eigenvalue weighted by Crippen LogP contribution is -2.36. The Morgan fingerprint density at radius 2 is 2.27 bits per heavy atom. The van der Waals surface area contributed by atoms with Crippen molar-refractivity contribution in [2.75, 3.05) is 13.1 Å². The highest BCUT2D eigenvalue weighted by Crippen LogP contribution is 2.14. The van der Waals surface area contributed by atoms with Crippen LogP contribution in [0.25, 0.3) is 0 Å². The molecule has 11 heavy (non-hydrogen) atoms. The minimum Gasteiger partial charge on any atom is -0.255 e. The van der Waals surface area contributed by atoms with Crippen molar-refractivity contribution in [1.29, 1.82) is 0 Å². The molecule has 1 aliphatic heterocycles. The highest BCUT2D eigenvalue weighted by atomic mass is 15.5. The van der Waals surface area contributed by atoms with E-state index in [0.717, 1.165) is 5.92 Å². The predicted octanol–water partition coefficient (Wildman–Crippen LogP) is 1.63. The van der Waals surface area contributed by atoms with E-state index in [0.29, 0.717) is 6.04 Å². The van der Waals surface area contributed by atoms with Crippen LogP contribution < -0.4 is 5.43 Å². The molecular weight excluding hydrogens is 136 g/mol.